The standard InChI is InChI=1S/C15H14Br2N2O/c1-15(2,10-6-8-11(16)9-7-10)19-14(20)12-4-3-5-13(17)18-12/h3-9H,1-2H3,(H,19,20). The Bertz CT molecular complexity index is 624. The topological polar surface area (TPSA) is 42.0 Å². The minimum atomic E-state index is -0.470. The van der Waals surface area contributed by atoms with Gasteiger partial charge in [0, 0.05) is 4.47 Å². The minimum Gasteiger partial charge on any atom is -0.342 e. The lowest BCUT2D eigenvalue weighted by Gasteiger charge is -2.26. The van der Waals surface area contributed by atoms with E-state index in [1.807, 2.05) is 38.1 Å². The van der Waals surface area contributed by atoms with E-state index in [0.29, 0.717) is 10.3 Å². The molecule has 2 aromatic rings. The van der Waals surface area contributed by atoms with Gasteiger partial charge in [0.2, 0.25) is 0 Å². The summed E-state index contributed by atoms with van der Waals surface area (Å²) in [5.41, 5.74) is 0.954. The quantitative estimate of drug-likeness (QED) is 0.785. The first-order chi connectivity index (χ1) is 9.38. The van der Waals surface area contributed by atoms with E-state index in [2.05, 4.69) is 42.2 Å². The second-order valence-electron chi connectivity index (χ2n) is 4.93. The molecule has 5 heteroatoms. The highest BCUT2D eigenvalue weighted by molar-refractivity contribution is 9.10. The number of pyridine rings is 1. The number of halogens is 2. The highest BCUT2D eigenvalue weighted by Crippen LogP contribution is 2.22. The van der Waals surface area contributed by atoms with Gasteiger partial charge in [0.05, 0.1) is 5.54 Å². The van der Waals surface area contributed by atoms with E-state index in [1.165, 1.54) is 0 Å². The van der Waals surface area contributed by atoms with Gasteiger partial charge in [-0.2, -0.15) is 0 Å². The van der Waals surface area contributed by atoms with Crippen molar-refractivity contribution in [1.82, 2.24) is 10.3 Å². The van der Waals surface area contributed by atoms with E-state index in [9.17, 15) is 4.79 Å². The normalized spacial score (nSPS) is 11.2. The largest absolute Gasteiger partial charge is 0.342 e. The lowest BCUT2D eigenvalue weighted by molar-refractivity contribution is 0.0906. The number of benzene rings is 1. The van der Waals surface area contributed by atoms with E-state index in [4.69, 9.17) is 0 Å². The van der Waals surface area contributed by atoms with E-state index < -0.39 is 5.54 Å². The van der Waals surface area contributed by atoms with E-state index in [-0.39, 0.29) is 5.91 Å². The molecular formula is C15H14Br2N2O. The summed E-state index contributed by atoms with van der Waals surface area (Å²) in [7, 11) is 0. The first-order valence-electron chi connectivity index (χ1n) is 6.09. The van der Waals surface area contributed by atoms with Crippen LogP contribution in [-0.2, 0) is 5.54 Å². The third-order valence-electron chi connectivity index (χ3n) is 2.94. The molecule has 0 saturated heterocycles. The summed E-state index contributed by atoms with van der Waals surface area (Å²) in [5, 5.41) is 3.00. The fraction of sp³-hybridized carbons (Fsp3) is 0.200. The Morgan fingerprint density at radius 2 is 1.75 bits per heavy atom. The van der Waals surface area contributed by atoms with Gasteiger partial charge in [-0.05, 0) is 59.6 Å². The molecule has 0 aliphatic carbocycles. The Kier molecular flexibility index (Phi) is 4.60. The van der Waals surface area contributed by atoms with E-state index >= 15 is 0 Å². The Morgan fingerprint density at radius 1 is 1.10 bits per heavy atom. The Hall–Kier alpha value is -1.20. The number of aromatic nitrogens is 1. The van der Waals surface area contributed by atoms with Crippen LogP contribution in [0.4, 0.5) is 0 Å². The molecule has 104 valence electrons. The number of nitrogens with one attached hydrogen (secondary N) is 1. The molecule has 0 fully saturated rings. The molecule has 1 heterocycles. The van der Waals surface area contributed by atoms with Gasteiger partial charge < -0.3 is 5.32 Å². The summed E-state index contributed by atoms with van der Waals surface area (Å²) in [6, 6.07) is 13.2. The number of carbonyl (C=O) groups excluding carboxylic acids is 1. The van der Waals surface area contributed by atoms with Gasteiger partial charge in [-0.1, -0.05) is 34.1 Å². The summed E-state index contributed by atoms with van der Waals surface area (Å²) < 4.78 is 1.66. The van der Waals surface area contributed by atoms with Gasteiger partial charge in [-0.25, -0.2) is 4.98 Å². The SMILES string of the molecule is CC(C)(NC(=O)c1cccc(Br)n1)c1ccc(Br)cc1. The molecule has 0 aliphatic rings. The fourth-order valence-corrected chi connectivity index (χ4v) is 2.43. The lowest BCUT2D eigenvalue weighted by atomic mass is 9.94. The van der Waals surface area contributed by atoms with Crippen molar-refractivity contribution in [3.05, 3.63) is 62.8 Å². The average Bonchev–Trinajstić information content (AvgIpc) is 2.38. The van der Waals surface area contributed by atoms with Crippen LogP contribution in [0.3, 0.4) is 0 Å². The highest BCUT2D eigenvalue weighted by atomic mass is 79.9. The van der Waals surface area contributed by atoms with Gasteiger partial charge in [0.15, 0.2) is 0 Å². The molecule has 1 aromatic heterocycles. The molecule has 20 heavy (non-hydrogen) atoms. The predicted octanol–water partition coefficient (Wildman–Crippen LogP) is 4.27. The van der Waals surface area contributed by atoms with Crippen molar-refractivity contribution < 1.29 is 4.79 Å². The molecule has 0 spiro atoms. The number of nitrogens with zero attached hydrogens (tertiary/aromatic N) is 1. The van der Waals surface area contributed by atoms with Crippen LogP contribution in [0.2, 0.25) is 0 Å². The number of carbonyl (C=O) groups is 1. The Balaban J connectivity index is 2.19. The highest BCUT2D eigenvalue weighted by Gasteiger charge is 2.23. The molecule has 1 amide bonds. The van der Waals surface area contributed by atoms with Crippen molar-refractivity contribution in [3.63, 3.8) is 0 Å². The van der Waals surface area contributed by atoms with Gasteiger partial charge in [-0.15, -0.1) is 0 Å². The first kappa shape index (κ1) is 15.2. The van der Waals surface area contributed by atoms with Crippen LogP contribution in [0, 0.1) is 0 Å². The smallest absolute Gasteiger partial charge is 0.270 e. The second kappa shape index (κ2) is 6.06. The Morgan fingerprint density at radius 3 is 2.35 bits per heavy atom. The third-order valence-corrected chi connectivity index (χ3v) is 3.91. The first-order valence-corrected chi connectivity index (χ1v) is 7.68. The number of amides is 1. The Labute approximate surface area is 135 Å². The zero-order valence-electron chi connectivity index (χ0n) is 11.2. The van der Waals surface area contributed by atoms with Crippen molar-refractivity contribution in [2.24, 2.45) is 0 Å². The summed E-state index contributed by atoms with van der Waals surface area (Å²) >= 11 is 6.67. The maximum absolute atomic E-state index is 12.2. The van der Waals surface area contributed by atoms with Crippen molar-refractivity contribution in [3.8, 4) is 0 Å². The third kappa shape index (κ3) is 3.67. The van der Waals surface area contributed by atoms with Crippen LogP contribution in [0.5, 0.6) is 0 Å². The number of rotatable bonds is 3. The zero-order chi connectivity index (χ0) is 14.8. The van der Waals surface area contributed by atoms with Gasteiger partial charge >= 0.3 is 0 Å². The second-order valence-corrected chi connectivity index (χ2v) is 6.66. The molecule has 0 atom stereocenters. The molecule has 0 bridgehead atoms. The van der Waals surface area contributed by atoms with Crippen molar-refractivity contribution >= 4 is 37.8 Å². The molecule has 0 aliphatic heterocycles. The molecule has 3 nitrogen and oxygen atoms in total. The monoisotopic (exact) mass is 396 g/mol. The molecule has 2 rings (SSSR count). The van der Waals surface area contributed by atoms with Crippen molar-refractivity contribution in [2.75, 3.05) is 0 Å². The summed E-state index contributed by atoms with van der Waals surface area (Å²) in [5.74, 6) is -0.195. The van der Waals surface area contributed by atoms with Crippen LogP contribution < -0.4 is 5.32 Å². The van der Waals surface area contributed by atoms with Crippen LogP contribution >= 0.6 is 31.9 Å². The maximum Gasteiger partial charge on any atom is 0.270 e. The molecular weight excluding hydrogens is 384 g/mol. The molecule has 0 saturated carbocycles. The summed E-state index contributed by atoms with van der Waals surface area (Å²) in [6.07, 6.45) is 0. The van der Waals surface area contributed by atoms with Crippen LogP contribution in [-0.4, -0.2) is 10.9 Å². The maximum atomic E-state index is 12.2. The molecule has 1 aromatic carbocycles. The number of hydrogen-bond acceptors (Lipinski definition) is 2. The fourth-order valence-electron chi connectivity index (χ4n) is 1.82. The summed E-state index contributed by atoms with van der Waals surface area (Å²) in [6.45, 7) is 3.93. The average molecular weight is 398 g/mol. The van der Waals surface area contributed by atoms with E-state index in [1.54, 1.807) is 18.2 Å². The number of hydrogen-bond donors (Lipinski definition) is 1. The van der Waals surface area contributed by atoms with Gasteiger partial charge in [0.1, 0.15) is 10.3 Å². The zero-order valence-corrected chi connectivity index (χ0v) is 14.3. The summed E-state index contributed by atoms with van der Waals surface area (Å²) in [4.78, 5) is 16.4. The molecule has 0 unspecified atom stereocenters. The van der Waals surface area contributed by atoms with Gasteiger partial charge in [-0.3, -0.25) is 4.79 Å². The lowest BCUT2D eigenvalue weighted by Crippen LogP contribution is -2.41. The van der Waals surface area contributed by atoms with Crippen LogP contribution in [0.1, 0.15) is 29.9 Å². The molecule has 0 radical (unpaired) electrons. The van der Waals surface area contributed by atoms with Crippen molar-refractivity contribution in [2.45, 2.75) is 19.4 Å². The van der Waals surface area contributed by atoms with E-state index in [0.717, 1.165) is 10.0 Å². The molecule has 1 N–H and O–H groups in total. The predicted molar refractivity (Wildman–Crippen MR) is 86.6 cm³/mol. The minimum absolute atomic E-state index is 0.195. The van der Waals surface area contributed by atoms with Crippen LogP contribution in [0.25, 0.3) is 0 Å². The van der Waals surface area contributed by atoms with Crippen LogP contribution in [0.15, 0.2) is 51.5 Å². The van der Waals surface area contributed by atoms with Gasteiger partial charge in [0.25, 0.3) is 5.91 Å². The van der Waals surface area contributed by atoms with Crippen molar-refractivity contribution in [1.29, 1.82) is 0 Å².